The van der Waals surface area contributed by atoms with Gasteiger partial charge in [0.15, 0.2) is 0 Å². The van der Waals surface area contributed by atoms with Crippen LogP contribution in [0.1, 0.15) is 78.6 Å². The average Bonchev–Trinajstić information content (AvgIpc) is 2.39. The van der Waals surface area contributed by atoms with E-state index < -0.39 is 0 Å². The molecule has 5 heteroatoms. The fraction of sp³-hybridized carbons (Fsp3) is 1.00. The molecule has 0 saturated carbocycles. The van der Waals surface area contributed by atoms with Gasteiger partial charge in [-0.3, -0.25) is 0 Å². The molecule has 0 spiro atoms. The van der Waals surface area contributed by atoms with Gasteiger partial charge in [-0.05, 0) is 0 Å². The Labute approximate surface area is 149 Å². The summed E-state index contributed by atoms with van der Waals surface area (Å²) in [5, 5.41) is 0. The summed E-state index contributed by atoms with van der Waals surface area (Å²) in [6.07, 6.45) is 12.1. The number of hydrogen-bond donors (Lipinski definition) is 0. The summed E-state index contributed by atoms with van der Waals surface area (Å²) in [6, 6.07) is 0. The third kappa shape index (κ3) is 19.2. The first kappa shape index (κ1) is 26.1. The Morgan fingerprint density at radius 1 is 0.700 bits per heavy atom. The van der Waals surface area contributed by atoms with Crippen LogP contribution in [-0.2, 0) is 23.1 Å². The van der Waals surface area contributed by atoms with E-state index >= 15 is 0 Å². The van der Waals surface area contributed by atoms with Crippen molar-refractivity contribution in [2.24, 2.45) is 0 Å². The molecule has 0 rings (SSSR count). The molecule has 0 unspecified atom stereocenters. The van der Waals surface area contributed by atoms with Crippen LogP contribution in [0.5, 0.6) is 0 Å². The molecule has 0 radical (unpaired) electrons. The van der Waals surface area contributed by atoms with Crippen molar-refractivity contribution in [2.45, 2.75) is 78.6 Å². The Morgan fingerprint density at radius 2 is 1.20 bits per heavy atom. The summed E-state index contributed by atoms with van der Waals surface area (Å²) in [5.74, 6) is 0. The molecule has 0 aliphatic carbocycles. The zero-order valence-corrected chi connectivity index (χ0v) is 16.7. The minimum atomic E-state index is -0.295. The molecule has 2 nitrogen and oxygen atoms in total. The van der Waals surface area contributed by atoms with Crippen LogP contribution in [0.3, 0.4) is 0 Å². The van der Waals surface area contributed by atoms with Gasteiger partial charge in [-0.1, -0.05) is 0 Å². The molecule has 0 aromatic carbocycles. The van der Waals surface area contributed by atoms with Gasteiger partial charge >= 0.3 is 125 Å². The molecule has 0 amide bonds. The number of hydrogen-bond acceptors (Lipinski definition) is 2. The maximum Gasteiger partial charge on any atom is -1.00 e. The van der Waals surface area contributed by atoms with Crippen molar-refractivity contribution in [1.82, 2.24) is 3.38 Å². The first-order valence-electron chi connectivity index (χ1n) is 7.97. The van der Waals surface area contributed by atoms with Gasteiger partial charge in [0.1, 0.15) is 0 Å². The van der Waals surface area contributed by atoms with Crippen LogP contribution in [0.4, 0.5) is 0 Å². The molecule has 0 saturated heterocycles. The molecule has 0 aromatic heterocycles. The Balaban J connectivity index is -0.00000144. The Hall–Kier alpha value is 1.21. The molecule has 0 N–H and O–H groups in total. The molecular weight excluding hydrogens is 329 g/mol. The van der Waals surface area contributed by atoms with Gasteiger partial charge in [0.25, 0.3) is 0 Å². The molecule has 122 valence electrons. The van der Waals surface area contributed by atoms with Crippen LogP contribution in [0.15, 0.2) is 0 Å². The fourth-order valence-corrected chi connectivity index (χ4v) is 3.43. The van der Waals surface area contributed by atoms with Crippen LogP contribution in [-0.4, -0.2) is 23.1 Å². The van der Waals surface area contributed by atoms with Gasteiger partial charge in [-0.2, -0.15) is 0 Å². The number of nitrogens with zero attached hydrogens (tertiary/aromatic N) is 1. The average molecular weight is 362 g/mol. The third-order valence-electron chi connectivity index (χ3n) is 3.06. The fourth-order valence-electron chi connectivity index (χ4n) is 1.90. The molecule has 0 atom stereocenters. The van der Waals surface area contributed by atoms with Crippen LogP contribution >= 0.6 is 0 Å². The number of rotatable bonds is 14. The van der Waals surface area contributed by atoms with Gasteiger partial charge < -0.3 is 24.8 Å². The summed E-state index contributed by atoms with van der Waals surface area (Å²) >= 11 is -0.295. The van der Waals surface area contributed by atoms with E-state index in [4.69, 9.17) is 3.32 Å². The molecule has 0 aromatic rings. The zero-order chi connectivity index (χ0) is 13.5. The van der Waals surface area contributed by atoms with E-state index in [1.54, 1.807) is 0 Å². The summed E-state index contributed by atoms with van der Waals surface area (Å²) < 4.78 is 8.44. The Kier molecular flexibility index (Phi) is 29.4. The molecule has 0 aliphatic heterocycles. The molecule has 0 bridgehead atoms. The predicted molar refractivity (Wildman–Crippen MR) is 76.1 cm³/mol. The SMILES string of the molecule is CCCCCC[N](CCCCCC)[Ti+2][O]CCC.[Cl-].[Cl-]. The van der Waals surface area contributed by atoms with Gasteiger partial charge in [-0.15, -0.1) is 0 Å². The maximum absolute atomic E-state index is 5.81. The van der Waals surface area contributed by atoms with Crippen molar-refractivity contribution in [3.05, 3.63) is 0 Å². The first-order chi connectivity index (χ1) is 8.85. The standard InChI is InChI=1S/C12H26N.C3H7O.2ClH.Ti/c1-3-5-7-9-11-13-12-10-8-6-4-2;1-2-3-4;;;/h3-12H2,1-2H3;2-3H2,1H3;2*1H;/q2*-1;;;+4/p-2. The van der Waals surface area contributed by atoms with E-state index in [0.717, 1.165) is 13.0 Å². The van der Waals surface area contributed by atoms with E-state index in [9.17, 15) is 0 Å². The second-order valence-corrected chi connectivity index (χ2v) is 6.77. The van der Waals surface area contributed by atoms with Gasteiger partial charge in [0.05, 0.1) is 0 Å². The van der Waals surface area contributed by atoms with Crippen molar-refractivity contribution in [1.29, 1.82) is 0 Å². The van der Waals surface area contributed by atoms with E-state index in [2.05, 4.69) is 24.2 Å². The molecule has 0 heterocycles. The molecule has 0 aliphatic rings. The molecule has 20 heavy (non-hydrogen) atoms. The van der Waals surface area contributed by atoms with Crippen LogP contribution in [0, 0.1) is 0 Å². The van der Waals surface area contributed by atoms with E-state index in [1.807, 2.05) is 0 Å². The monoisotopic (exact) mass is 361 g/mol. The zero-order valence-electron chi connectivity index (χ0n) is 13.6. The van der Waals surface area contributed by atoms with Crippen LogP contribution in [0.25, 0.3) is 0 Å². The largest absolute Gasteiger partial charge is 1.00 e. The summed E-state index contributed by atoms with van der Waals surface area (Å²) in [6.45, 7) is 10.3. The van der Waals surface area contributed by atoms with Crippen LogP contribution in [0.2, 0.25) is 0 Å². The topological polar surface area (TPSA) is 12.5 Å². The quantitative estimate of drug-likeness (QED) is 0.284. The smallest absolute Gasteiger partial charge is 1.00 e. The van der Waals surface area contributed by atoms with Crippen molar-refractivity contribution in [2.75, 3.05) is 19.7 Å². The van der Waals surface area contributed by atoms with Crippen molar-refractivity contribution in [3.8, 4) is 0 Å². The van der Waals surface area contributed by atoms with E-state index in [-0.39, 0.29) is 44.6 Å². The second kappa shape index (κ2) is 22.5. The number of unbranched alkanes of at least 4 members (excludes halogenated alkanes) is 6. The predicted octanol–water partition coefficient (Wildman–Crippen LogP) is -1.20. The van der Waals surface area contributed by atoms with Crippen molar-refractivity contribution in [3.63, 3.8) is 0 Å². The van der Waals surface area contributed by atoms with E-state index in [0.29, 0.717) is 0 Å². The van der Waals surface area contributed by atoms with Crippen molar-refractivity contribution < 1.29 is 47.9 Å². The van der Waals surface area contributed by atoms with Gasteiger partial charge in [0.2, 0.25) is 0 Å². The minimum Gasteiger partial charge on any atom is -1.00 e. The van der Waals surface area contributed by atoms with Crippen LogP contribution < -0.4 is 24.8 Å². The summed E-state index contributed by atoms with van der Waals surface area (Å²) in [5.41, 5.74) is 0. The Morgan fingerprint density at radius 3 is 1.60 bits per heavy atom. The molecular formula is C15H33Cl2NOTi. The van der Waals surface area contributed by atoms with E-state index in [1.165, 1.54) is 64.5 Å². The first-order valence-corrected chi connectivity index (χ1v) is 9.31. The minimum absolute atomic E-state index is 0. The summed E-state index contributed by atoms with van der Waals surface area (Å²) in [4.78, 5) is 0. The number of halogens is 2. The third-order valence-corrected chi connectivity index (χ3v) is 4.68. The normalized spacial score (nSPS) is 9.80. The summed E-state index contributed by atoms with van der Waals surface area (Å²) in [7, 11) is 0. The molecule has 0 fully saturated rings. The van der Waals surface area contributed by atoms with Crippen molar-refractivity contribution >= 4 is 0 Å². The van der Waals surface area contributed by atoms with Gasteiger partial charge in [-0.25, -0.2) is 0 Å². The van der Waals surface area contributed by atoms with Gasteiger partial charge in [0, 0.05) is 0 Å². The Bertz CT molecular complexity index is 153. The second-order valence-electron chi connectivity index (χ2n) is 5.05. The maximum atomic E-state index is 5.81.